The van der Waals surface area contributed by atoms with E-state index in [1.807, 2.05) is 0 Å². The summed E-state index contributed by atoms with van der Waals surface area (Å²) in [6.07, 6.45) is 4.58. The molecule has 1 fully saturated rings. The summed E-state index contributed by atoms with van der Waals surface area (Å²) >= 11 is 0. The highest BCUT2D eigenvalue weighted by Gasteiger charge is 2.48. The molecule has 0 aromatic heterocycles. The Kier molecular flexibility index (Phi) is 5.88. The fraction of sp³-hybridized carbons (Fsp3) is 0.933. The van der Waals surface area contributed by atoms with E-state index in [0.717, 1.165) is 12.8 Å². The first kappa shape index (κ1) is 16.2. The predicted molar refractivity (Wildman–Crippen MR) is 80.0 cm³/mol. The molecule has 1 N–H and O–H groups in total. The zero-order chi connectivity index (χ0) is 13.9. The smallest absolute Gasteiger partial charge is 0.200 e. The molecule has 0 aromatic rings. The highest BCUT2D eigenvalue weighted by atomic mass is 28.4. The van der Waals surface area contributed by atoms with Gasteiger partial charge in [-0.05, 0) is 35.9 Å². The lowest BCUT2D eigenvalue weighted by molar-refractivity contribution is 0.0943. The molecule has 1 aliphatic rings. The summed E-state index contributed by atoms with van der Waals surface area (Å²) in [6, 6.07) is 0. The van der Waals surface area contributed by atoms with Crippen molar-refractivity contribution in [2.45, 2.75) is 77.1 Å². The van der Waals surface area contributed by atoms with Gasteiger partial charge in [0.15, 0.2) is 0 Å². The molecule has 18 heavy (non-hydrogen) atoms. The fourth-order valence-electron chi connectivity index (χ4n) is 3.83. The Hall–Kier alpha value is 0.137. The summed E-state index contributed by atoms with van der Waals surface area (Å²) in [6.45, 7) is 14.2. The molecule has 0 spiro atoms. The van der Waals surface area contributed by atoms with Crippen LogP contribution in [-0.2, 0) is 4.43 Å². The van der Waals surface area contributed by atoms with Gasteiger partial charge in [0.05, 0.1) is 6.10 Å². The van der Waals surface area contributed by atoms with Crippen molar-refractivity contribution in [3.8, 4) is 0 Å². The van der Waals surface area contributed by atoms with E-state index in [9.17, 15) is 5.11 Å². The lowest BCUT2D eigenvalue weighted by Crippen LogP contribution is -2.51. The second kappa shape index (κ2) is 6.53. The van der Waals surface area contributed by atoms with Crippen LogP contribution in [0.4, 0.5) is 0 Å². The average Bonchev–Trinajstić information content (AvgIpc) is 2.71. The summed E-state index contributed by atoms with van der Waals surface area (Å²) < 4.78 is 6.73. The fourth-order valence-corrected chi connectivity index (χ4v) is 9.46. The van der Waals surface area contributed by atoms with Gasteiger partial charge in [-0.1, -0.05) is 41.5 Å². The van der Waals surface area contributed by atoms with Crippen molar-refractivity contribution in [3.05, 3.63) is 6.42 Å². The third kappa shape index (κ3) is 2.99. The second-order valence-corrected chi connectivity index (χ2v) is 12.1. The molecule has 1 rings (SSSR count). The first-order valence-corrected chi connectivity index (χ1v) is 9.60. The van der Waals surface area contributed by atoms with Crippen molar-refractivity contribution in [1.29, 1.82) is 0 Å². The molecule has 2 unspecified atom stereocenters. The van der Waals surface area contributed by atoms with Gasteiger partial charge in [-0.15, -0.1) is 0 Å². The molecule has 3 heteroatoms. The van der Waals surface area contributed by atoms with Crippen molar-refractivity contribution < 1.29 is 9.53 Å². The molecule has 1 aliphatic carbocycles. The predicted octanol–water partition coefficient (Wildman–Crippen LogP) is 4.15. The normalized spacial score (nSPS) is 25.7. The Morgan fingerprint density at radius 1 is 1.06 bits per heavy atom. The molecular weight excluding hydrogens is 240 g/mol. The van der Waals surface area contributed by atoms with Crippen LogP contribution < -0.4 is 0 Å². The van der Waals surface area contributed by atoms with Gasteiger partial charge in [-0.3, -0.25) is 0 Å². The van der Waals surface area contributed by atoms with Gasteiger partial charge in [0.1, 0.15) is 0 Å². The largest absolute Gasteiger partial charge is 0.413 e. The highest BCUT2D eigenvalue weighted by Crippen LogP contribution is 2.45. The minimum Gasteiger partial charge on any atom is -0.413 e. The van der Waals surface area contributed by atoms with Crippen LogP contribution in [0.25, 0.3) is 0 Å². The van der Waals surface area contributed by atoms with Gasteiger partial charge in [0.25, 0.3) is 0 Å². The first-order chi connectivity index (χ1) is 8.36. The van der Waals surface area contributed by atoms with Crippen molar-refractivity contribution in [3.63, 3.8) is 0 Å². The van der Waals surface area contributed by atoms with E-state index in [0.29, 0.717) is 22.5 Å². The maximum absolute atomic E-state index is 9.46. The number of aliphatic hydroxyl groups excluding tert-OH is 1. The molecule has 0 amide bonds. The molecule has 107 valence electrons. The third-order valence-corrected chi connectivity index (χ3v) is 10.8. The number of hydrogen-bond donors (Lipinski definition) is 1. The molecule has 2 nitrogen and oxygen atoms in total. The van der Waals surface area contributed by atoms with Gasteiger partial charge in [-0.25, -0.2) is 0 Å². The van der Waals surface area contributed by atoms with Crippen LogP contribution in [0, 0.1) is 12.3 Å². The molecule has 0 aromatic carbocycles. The Morgan fingerprint density at radius 3 is 1.94 bits per heavy atom. The molecule has 1 saturated carbocycles. The molecule has 2 atom stereocenters. The van der Waals surface area contributed by atoms with Crippen LogP contribution in [0.2, 0.25) is 16.6 Å². The van der Waals surface area contributed by atoms with Gasteiger partial charge in [0.2, 0.25) is 8.32 Å². The standard InChI is InChI=1S/C15H31O2Si/c1-11(2)18(12(3)4,13(5)6)17-15-9-7-8-14(15)10-16/h7,11-16H,8-10H2,1-6H3. The van der Waals surface area contributed by atoms with E-state index in [1.54, 1.807) is 0 Å². The monoisotopic (exact) mass is 271 g/mol. The second-order valence-electron chi connectivity index (χ2n) is 6.68. The topological polar surface area (TPSA) is 29.5 Å². The SMILES string of the molecule is CC(C)[Si](OC1C[CH]CC1CO)(C(C)C)C(C)C. The van der Waals surface area contributed by atoms with Crippen LogP contribution in [0.1, 0.15) is 54.4 Å². The minimum atomic E-state index is -1.78. The number of rotatable bonds is 6. The summed E-state index contributed by atoms with van der Waals surface area (Å²) in [5.41, 5.74) is 1.87. The van der Waals surface area contributed by atoms with Crippen LogP contribution in [0.5, 0.6) is 0 Å². The zero-order valence-electron chi connectivity index (χ0n) is 12.9. The van der Waals surface area contributed by atoms with E-state index in [-0.39, 0.29) is 12.7 Å². The highest BCUT2D eigenvalue weighted by molar-refractivity contribution is 6.77. The van der Waals surface area contributed by atoms with Crippen molar-refractivity contribution in [1.82, 2.24) is 0 Å². The van der Waals surface area contributed by atoms with E-state index >= 15 is 0 Å². The van der Waals surface area contributed by atoms with Crippen LogP contribution >= 0.6 is 0 Å². The molecule has 0 saturated heterocycles. The van der Waals surface area contributed by atoms with E-state index in [1.165, 1.54) is 0 Å². The zero-order valence-corrected chi connectivity index (χ0v) is 13.9. The lowest BCUT2D eigenvalue weighted by atomic mass is 10.1. The lowest BCUT2D eigenvalue weighted by Gasteiger charge is -2.45. The molecule has 1 radical (unpaired) electrons. The molecule has 0 heterocycles. The van der Waals surface area contributed by atoms with Crippen LogP contribution in [0.3, 0.4) is 0 Å². The van der Waals surface area contributed by atoms with Crippen LogP contribution in [-0.4, -0.2) is 26.1 Å². The summed E-state index contributed by atoms with van der Waals surface area (Å²) in [5, 5.41) is 9.46. The summed E-state index contributed by atoms with van der Waals surface area (Å²) in [4.78, 5) is 0. The Balaban J connectivity index is 2.90. The van der Waals surface area contributed by atoms with Gasteiger partial charge in [0, 0.05) is 12.5 Å². The van der Waals surface area contributed by atoms with Crippen LogP contribution in [0.15, 0.2) is 0 Å². The van der Waals surface area contributed by atoms with Gasteiger partial charge < -0.3 is 9.53 Å². The molecular formula is C15H31O2Si. The molecule has 0 aliphatic heterocycles. The average molecular weight is 271 g/mol. The minimum absolute atomic E-state index is 0.258. The summed E-state index contributed by atoms with van der Waals surface area (Å²) in [5.74, 6) is 0.327. The quantitative estimate of drug-likeness (QED) is 0.735. The van der Waals surface area contributed by atoms with E-state index in [4.69, 9.17) is 4.43 Å². The first-order valence-electron chi connectivity index (χ1n) is 7.46. The summed E-state index contributed by atoms with van der Waals surface area (Å²) in [7, 11) is -1.78. The maximum atomic E-state index is 9.46. The number of aliphatic hydroxyl groups is 1. The van der Waals surface area contributed by atoms with E-state index in [2.05, 4.69) is 48.0 Å². The third-order valence-electron chi connectivity index (χ3n) is 4.69. The van der Waals surface area contributed by atoms with Gasteiger partial charge in [-0.2, -0.15) is 0 Å². The Morgan fingerprint density at radius 2 is 1.56 bits per heavy atom. The van der Waals surface area contributed by atoms with Crippen molar-refractivity contribution in [2.75, 3.05) is 6.61 Å². The molecule has 0 bridgehead atoms. The van der Waals surface area contributed by atoms with E-state index < -0.39 is 8.32 Å². The van der Waals surface area contributed by atoms with Gasteiger partial charge >= 0.3 is 0 Å². The Bertz CT molecular complexity index is 229. The van der Waals surface area contributed by atoms with Crippen molar-refractivity contribution >= 4 is 8.32 Å². The Labute approximate surface area is 114 Å². The number of hydrogen-bond acceptors (Lipinski definition) is 2. The maximum Gasteiger partial charge on any atom is 0.200 e. The van der Waals surface area contributed by atoms with Crippen molar-refractivity contribution in [2.24, 2.45) is 5.92 Å².